The van der Waals surface area contributed by atoms with Crippen LogP contribution in [0.5, 0.6) is 0 Å². The van der Waals surface area contributed by atoms with Gasteiger partial charge in [0.05, 0.1) is 0 Å². The Morgan fingerprint density at radius 3 is 0.977 bits per heavy atom. The zero-order valence-electron chi connectivity index (χ0n) is 25.2. The number of benzene rings is 8. The van der Waals surface area contributed by atoms with Crippen molar-refractivity contribution >= 4 is 43.1 Å². The molecule has 0 heterocycles. The van der Waals surface area contributed by atoms with E-state index in [1.54, 1.807) is 0 Å². The highest BCUT2D eigenvalue weighted by Crippen LogP contribution is 2.49. The van der Waals surface area contributed by atoms with E-state index in [4.69, 9.17) is 0 Å². The van der Waals surface area contributed by atoms with E-state index >= 15 is 0 Å². The van der Waals surface area contributed by atoms with Gasteiger partial charge in [-0.05, 0) is 94.4 Å². The first-order valence-electron chi connectivity index (χ1n) is 15.8. The van der Waals surface area contributed by atoms with E-state index in [0.29, 0.717) is 5.92 Å². The summed E-state index contributed by atoms with van der Waals surface area (Å²) in [5, 5.41) is 10.3. The lowest BCUT2D eigenvalue weighted by atomic mass is 9.81. The Labute approximate surface area is 259 Å². The monoisotopic (exact) mass is 562 g/mol. The van der Waals surface area contributed by atoms with Crippen LogP contribution in [0.4, 0.5) is 0 Å². The molecule has 0 N–H and O–H groups in total. The van der Waals surface area contributed by atoms with Crippen LogP contribution in [-0.4, -0.2) is 0 Å². The highest BCUT2D eigenvalue weighted by molar-refractivity contribution is 6.29. The topological polar surface area (TPSA) is 0 Å². The molecule has 8 aromatic rings. The van der Waals surface area contributed by atoms with Gasteiger partial charge in [-0.1, -0.05) is 166 Å². The van der Waals surface area contributed by atoms with Crippen molar-refractivity contribution < 1.29 is 0 Å². The molecule has 0 heteroatoms. The van der Waals surface area contributed by atoms with Crippen LogP contribution in [0, 0.1) is 0 Å². The maximum absolute atomic E-state index is 2.33. The molecule has 0 spiro atoms. The number of rotatable bonds is 5. The van der Waals surface area contributed by atoms with Crippen LogP contribution < -0.4 is 0 Å². The highest BCUT2D eigenvalue weighted by atomic mass is 14.2. The van der Waals surface area contributed by atoms with Gasteiger partial charge in [0.15, 0.2) is 0 Å². The van der Waals surface area contributed by atoms with Crippen LogP contribution in [0.1, 0.15) is 31.7 Å². The van der Waals surface area contributed by atoms with E-state index in [0.717, 1.165) is 6.42 Å². The van der Waals surface area contributed by atoms with Crippen LogP contribution in [0.25, 0.3) is 76.5 Å². The van der Waals surface area contributed by atoms with Gasteiger partial charge in [-0.25, -0.2) is 0 Å². The second-order valence-corrected chi connectivity index (χ2v) is 12.0. The quantitative estimate of drug-likeness (QED) is 0.183. The van der Waals surface area contributed by atoms with Crippen molar-refractivity contribution in [3.05, 3.63) is 157 Å². The SMILES string of the molecule is CCC(C)c1ccc(-c2c3ccccc3c(-c3c4ccccc4c(-c4ccccc4)c4ccccc34)c3ccccc23)cc1. The van der Waals surface area contributed by atoms with Crippen LogP contribution in [0.15, 0.2) is 152 Å². The van der Waals surface area contributed by atoms with Crippen molar-refractivity contribution in [2.24, 2.45) is 0 Å². The summed E-state index contributed by atoms with van der Waals surface area (Å²) in [5.74, 6) is 0.556. The predicted molar refractivity (Wildman–Crippen MR) is 191 cm³/mol. The van der Waals surface area contributed by atoms with Gasteiger partial charge in [0.2, 0.25) is 0 Å². The third kappa shape index (κ3) is 4.13. The second kappa shape index (κ2) is 10.8. The first-order chi connectivity index (χ1) is 21.7. The molecule has 0 fully saturated rings. The van der Waals surface area contributed by atoms with Crippen molar-refractivity contribution in [1.29, 1.82) is 0 Å². The molecule has 210 valence electrons. The lowest BCUT2D eigenvalue weighted by Gasteiger charge is -2.22. The van der Waals surface area contributed by atoms with E-state index in [-0.39, 0.29) is 0 Å². The molecule has 0 aliphatic rings. The van der Waals surface area contributed by atoms with Crippen molar-refractivity contribution in [2.75, 3.05) is 0 Å². The molecule has 0 bridgehead atoms. The summed E-state index contributed by atoms with van der Waals surface area (Å²) >= 11 is 0. The third-order valence-electron chi connectivity index (χ3n) is 9.56. The zero-order valence-corrected chi connectivity index (χ0v) is 25.2. The number of hydrogen-bond acceptors (Lipinski definition) is 0. The number of fused-ring (bicyclic) bond motifs is 4. The van der Waals surface area contributed by atoms with Gasteiger partial charge in [0, 0.05) is 0 Å². The van der Waals surface area contributed by atoms with Crippen molar-refractivity contribution in [3.63, 3.8) is 0 Å². The fourth-order valence-corrected chi connectivity index (χ4v) is 7.24. The van der Waals surface area contributed by atoms with Crippen molar-refractivity contribution in [3.8, 4) is 33.4 Å². The Hall–Kier alpha value is -5.20. The van der Waals surface area contributed by atoms with E-state index in [1.165, 1.54) is 82.0 Å². The molecule has 8 rings (SSSR count). The molecule has 0 saturated heterocycles. The van der Waals surface area contributed by atoms with Gasteiger partial charge < -0.3 is 0 Å². The molecule has 0 saturated carbocycles. The maximum atomic E-state index is 2.33. The van der Waals surface area contributed by atoms with Crippen LogP contribution in [0.2, 0.25) is 0 Å². The second-order valence-electron chi connectivity index (χ2n) is 12.0. The van der Waals surface area contributed by atoms with Gasteiger partial charge in [-0.3, -0.25) is 0 Å². The first kappa shape index (κ1) is 26.4. The molecule has 0 aliphatic heterocycles. The fraction of sp³-hybridized carbons (Fsp3) is 0.0909. The Morgan fingerprint density at radius 2 is 0.636 bits per heavy atom. The molecule has 1 unspecified atom stereocenters. The minimum Gasteiger partial charge on any atom is -0.0648 e. The van der Waals surface area contributed by atoms with Crippen LogP contribution >= 0.6 is 0 Å². The highest BCUT2D eigenvalue weighted by Gasteiger charge is 2.22. The van der Waals surface area contributed by atoms with Crippen molar-refractivity contribution in [1.82, 2.24) is 0 Å². The Kier molecular flexibility index (Phi) is 6.50. The molecule has 0 radical (unpaired) electrons. The van der Waals surface area contributed by atoms with Crippen LogP contribution in [0.3, 0.4) is 0 Å². The summed E-state index contributed by atoms with van der Waals surface area (Å²) in [6, 6.07) is 56.1. The molecule has 1 atom stereocenters. The summed E-state index contributed by atoms with van der Waals surface area (Å²) in [5.41, 5.74) is 9.14. The normalized spacial score (nSPS) is 12.3. The van der Waals surface area contributed by atoms with Gasteiger partial charge in [-0.2, -0.15) is 0 Å². The average Bonchev–Trinajstić information content (AvgIpc) is 3.10. The summed E-state index contributed by atoms with van der Waals surface area (Å²) in [4.78, 5) is 0. The smallest absolute Gasteiger partial charge is 0.00139 e. The van der Waals surface area contributed by atoms with Gasteiger partial charge in [0.25, 0.3) is 0 Å². The Morgan fingerprint density at radius 1 is 0.341 bits per heavy atom. The van der Waals surface area contributed by atoms with Crippen molar-refractivity contribution in [2.45, 2.75) is 26.2 Å². The van der Waals surface area contributed by atoms with E-state index in [1.807, 2.05) is 0 Å². The fourth-order valence-electron chi connectivity index (χ4n) is 7.24. The summed E-state index contributed by atoms with van der Waals surface area (Å²) in [7, 11) is 0. The van der Waals surface area contributed by atoms with Gasteiger partial charge >= 0.3 is 0 Å². The largest absolute Gasteiger partial charge is 0.0648 e. The van der Waals surface area contributed by atoms with E-state index in [2.05, 4.69) is 166 Å². The molecule has 8 aromatic carbocycles. The lowest BCUT2D eigenvalue weighted by Crippen LogP contribution is -1.95. The zero-order chi connectivity index (χ0) is 29.6. The maximum Gasteiger partial charge on any atom is -0.00139 e. The third-order valence-corrected chi connectivity index (χ3v) is 9.56. The van der Waals surface area contributed by atoms with E-state index < -0.39 is 0 Å². The molecule has 0 nitrogen and oxygen atoms in total. The Bertz CT molecular complexity index is 2190. The molecule has 0 aliphatic carbocycles. The van der Waals surface area contributed by atoms with Gasteiger partial charge in [-0.15, -0.1) is 0 Å². The lowest BCUT2D eigenvalue weighted by molar-refractivity contribution is 0.734. The van der Waals surface area contributed by atoms with E-state index in [9.17, 15) is 0 Å². The Balaban J connectivity index is 1.53. The molecular formula is C44H34. The number of hydrogen-bond donors (Lipinski definition) is 0. The standard InChI is InChI=1S/C44H34/c1-3-29(2)30-25-27-32(28-26-30)42-35-19-9-13-23-39(35)44(40-24-14-10-20-36(40)42)43-37-21-11-7-17-33(37)41(31-15-5-4-6-16-31)34-18-8-12-22-38(34)43/h4-29H,3H2,1-2H3. The summed E-state index contributed by atoms with van der Waals surface area (Å²) < 4.78 is 0. The average molecular weight is 563 g/mol. The molecule has 0 aromatic heterocycles. The van der Waals surface area contributed by atoms with Crippen LogP contribution in [-0.2, 0) is 0 Å². The predicted octanol–water partition coefficient (Wildman–Crippen LogP) is 12.8. The molecule has 0 amide bonds. The summed E-state index contributed by atoms with van der Waals surface area (Å²) in [6.45, 7) is 4.57. The minimum atomic E-state index is 0.556. The first-order valence-corrected chi connectivity index (χ1v) is 15.8. The van der Waals surface area contributed by atoms with Gasteiger partial charge in [0.1, 0.15) is 0 Å². The molecule has 44 heavy (non-hydrogen) atoms. The summed E-state index contributed by atoms with van der Waals surface area (Å²) in [6.07, 6.45) is 1.14. The molecular weight excluding hydrogens is 528 g/mol. The minimum absolute atomic E-state index is 0.556.